The van der Waals surface area contributed by atoms with Gasteiger partial charge in [-0.1, -0.05) is 53.6 Å². The molecule has 7 heteroatoms. The van der Waals surface area contributed by atoms with Gasteiger partial charge in [-0.05, 0) is 67.8 Å². The Balaban J connectivity index is 1.54. The van der Waals surface area contributed by atoms with Crippen LogP contribution in [0.4, 0.5) is 5.69 Å². The molecule has 0 heterocycles. The number of nitrogens with one attached hydrogen (secondary N) is 2. The van der Waals surface area contributed by atoms with Crippen LogP contribution in [0.5, 0.6) is 0 Å². The Morgan fingerprint density at radius 1 is 0.935 bits per heavy atom. The van der Waals surface area contributed by atoms with Gasteiger partial charge in [-0.15, -0.1) is 0 Å². The van der Waals surface area contributed by atoms with Crippen molar-refractivity contribution in [2.45, 2.75) is 37.6 Å². The summed E-state index contributed by atoms with van der Waals surface area (Å²) in [5, 5.41) is 3.62. The first-order valence-corrected chi connectivity index (χ1v) is 11.8. The lowest BCUT2D eigenvalue weighted by Crippen LogP contribution is -2.26. The van der Waals surface area contributed by atoms with Crippen LogP contribution >= 0.6 is 11.6 Å². The summed E-state index contributed by atoms with van der Waals surface area (Å²) < 4.78 is 27.7. The second-order valence-electron chi connectivity index (χ2n) is 7.46. The number of aryl methyl sites for hydroxylation is 2. The standard InChI is InChI=1S/C24H25ClN2O3S/c1-17-3-12-22(13-4-17)27-31(29,30)23-14-5-19(6-15-23)7-16-24(28)26-18(2)20-8-10-21(25)11-9-20/h3-6,8-15,18,27H,7,16H2,1-2H3,(H,26,28)/t18-/m0/s1. The quantitative estimate of drug-likeness (QED) is 0.485. The number of rotatable bonds is 8. The molecule has 0 radical (unpaired) electrons. The number of amides is 1. The molecule has 0 aliphatic carbocycles. The number of carbonyl (C=O) groups excluding carboxylic acids is 1. The Morgan fingerprint density at radius 2 is 1.55 bits per heavy atom. The van der Waals surface area contributed by atoms with Gasteiger partial charge in [0.15, 0.2) is 0 Å². The largest absolute Gasteiger partial charge is 0.350 e. The predicted molar refractivity (Wildman–Crippen MR) is 125 cm³/mol. The minimum atomic E-state index is -3.66. The maximum atomic E-state index is 12.6. The van der Waals surface area contributed by atoms with Crippen LogP contribution in [-0.2, 0) is 21.2 Å². The van der Waals surface area contributed by atoms with E-state index in [9.17, 15) is 13.2 Å². The van der Waals surface area contributed by atoms with E-state index in [1.807, 2.05) is 38.1 Å². The number of halogens is 1. The maximum Gasteiger partial charge on any atom is 0.261 e. The molecule has 0 spiro atoms. The number of sulfonamides is 1. The second kappa shape index (κ2) is 9.98. The molecule has 0 fully saturated rings. The number of benzene rings is 3. The van der Waals surface area contributed by atoms with Gasteiger partial charge in [0.1, 0.15) is 0 Å². The Bertz CT molecular complexity index is 1130. The van der Waals surface area contributed by atoms with Crippen molar-refractivity contribution in [2.24, 2.45) is 0 Å². The molecule has 3 aromatic rings. The fraction of sp³-hybridized carbons (Fsp3) is 0.208. The van der Waals surface area contributed by atoms with Crippen LogP contribution in [0.15, 0.2) is 77.7 Å². The van der Waals surface area contributed by atoms with Crippen LogP contribution in [0, 0.1) is 6.92 Å². The third-order valence-electron chi connectivity index (χ3n) is 4.93. The molecule has 3 rings (SSSR count). The predicted octanol–water partition coefficient (Wildman–Crippen LogP) is 5.26. The third-order valence-corrected chi connectivity index (χ3v) is 6.57. The molecule has 3 aromatic carbocycles. The molecule has 0 saturated carbocycles. The lowest BCUT2D eigenvalue weighted by Gasteiger charge is -2.14. The van der Waals surface area contributed by atoms with E-state index in [1.165, 1.54) is 0 Å². The minimum Gasteiger partial charge on any atom is -0.350 e. The molecule has 2 N–H and O–H groups in total. The Morgan fingerprint density at radius 3 is 2.16 bits per heavy atom. The molecule has 0 aromatic heterocycles. The van der Waals surface area contributed by atoms with Gasteiger partial charge in [0.2, 0.25) is 5.91 Å². The molecule has 0 aliphatic heterocycles. The van der Waals surface area contributed by atoms with E-state index >= 15 is 0 Å². The van der Waals surface area contributed by atoms with E-state index in [0.717, 1.165) is 16.7 Å². The van der Waals surface area contributed by atoms with Crippen LogP contribution in [0.1, 0.15) is 36.1 Å². The number of carbonyl (C=O) groups is 1. The lowest BCUT2D eigenvalue weighted by molar-refractivity contribution is -0.121. The van der Waals surface area contributed by atoms with Crippen LogP contribution in [0.3, 0.4) is 0 Å². The second-order valence-corrected chi connectivity index (χ2v) is 9.58. The molecule has 0 aliphatic rings. The summed E-state index contributed by atoms with van der Waals surface area (Å²) in [6.07, 6.45) is 0.830. The Hall–Kier alpha value is -2.83. The van der Waals surface area contributed by atoms with Crippen LogP contribution < -0.4 is 10.0 Å². The smallest absolute Gasteiger partial charge is 0.261 e. The molecule has 0 bridgehead atoms. The molecule has 162 valence electrons. The van der Waals surface area contributed by atoms with Gasteiger partial charge in [-0.3, -0.25) is 9.52 Å². The van der Waals surface area contributed by atoms with Gasteiger partial charge in [0, 0.05) is 17.1 Å². The number of anilines is 1. The van der Waals surface area contributed by atoms with Gasteiger partial charge in [0.05, 0.1) is 10.9 Å². The summed E-state index contributed by atoms with van der Waals surface area (Å²) in [5.41, 5.74) is 3.44. The van der Waals surface area contributed by atoms with Crippen LogP contribution in [0.2, 0.25) is 5.02 Å². The van der Waals surface area contributed by atoms with Crippen molar-refractivity contribution in [3.05, 3.63) is 94.5 Å². The highest BCUT2D eigenvalue weighted by Crippen LogP contribution is 2.19. The summed E-state index contributed by atoms with van der Waals surface area (Å²) in [4.78, 5) is 12.5. The fourth-order valence-corrected chi connectivity index (χ4v) is 4.26. The number of hydrogen-bond acceptors (Lipinski definition) is 3. The zero-order valence-corrected chi connectivity index (χ0v) is 19.0. The molecular weight excluding hydrogens is 432 g/mol. The van der Waals surface area contributed by atoms with Crippen molar-refractivity contribution in [2.75, 3.05) is 4.72 Å². The SMILES string of the molecule is Cc1ccc(NS(=O)(=O)c2ccc(CCC(=O)N[C@@H](C)c3ccc(Cl)cc3)cc2)cc1. The van der Waals surface area contributed by atoms with Crippen LogP contribution in [0.25, 0.3) is 0 Å². The van der Waals surface area contributed by atoms with E-state index in [1.54, 1.807) is 48.5 Å². The Kier molecular flexibility index (Phi) is 7.36. The van der Waals surface area contributed by atoms with Crippen LogP contribution in [-0.4, -0.2) is 14.3 Å². The van der Waals surface area contributed by atoms with Crippen molar-refractivity contribution in [3.63, 3.8) is 0 Å². The first-order valence-electron chi connectivity index (χ1n) is 9.96. The van der Waals surface area contributed by atoms with Crippen molar-refractivity contribution < 1.29 is 13.2 Å². The average Bonchev–Trinajstić information content (AvgIpc) is 2.74. The highest BCUT2D eigenvalue weighted by molar-refractivity contribution is 7.92. The van der Waals surface area contributed by atoms with Gasteiger partial charge >= 0.3 is 0 Å². The summed E-state index contributed by atoms with van der Waals surface area (Å²) in [7, 11) is -3.66. The molecule has 0 unspecified atom stereocenters. The molecule has 1 atom stereocenters. The first kappa shape index (κ1) is 22.8. The third kappa shape index (κ3) is 6.57. The summed E-state index contributed by atoms with van der Waals surface area (Å²) in [6.45, 7) is 3.86. The topological polar surface area (TPSA) is 75.3 Å². The molecule has 0 saturated heterocycles. The zero-order valence-electron chi connectivity index (χ0n) is 17.4. The highest BCUT2D eigenvalue weighted by atomic mass is 35.5. The van der Waals surface area contributed by atoms with Crippen molar-refractivity contribution >= 4 is 33.2 Å². The van der Waals surface area contributed by atoms with Gasteiger partial charge < -0.3 is 5.32 Å². The summed E-state index contributed by atoms with van der Waals surface area (Å²) in [5.74, 6) is -0.0693. The zero-order chi connectivity index (χ0) is 22.4. The monoisotopic (exact) mass is 456 g/mol. The lowest BCUT2D eigenvalue weighted by atomic mass is 10.1. The first-order chi connectivity index (χ1) is 14.7. The molecule has 1 amide bonds. The van der Waals surface area contributed by atoms with Crippen molar-refractivity contribution in [3.8, 4) is 0 Å². The van der Waals surface area contributed by atoms with Gasteiger partial charge in [-0.25, -0.2) is 8.42 Å². The normalized spacial score (nSPS) is 12.2. The van der Waals surface area contributed by atoms with Gasteiger partial charge in [0.25, 0.3) is 10.0 Å². The van der Waals surface area contributed by atoms with E-state index in [0.29, 0.717) is 23.6 Å². The average molecular weight is 457 g/mol. The fourth-order valence-electron chi connectivity index (χ4n) is 3.08. The van der Waals surface area contributed by atoms with Crippen molar-refractivity contribution in [1.82, 2.24) is 5.32 Å². The van der Waals surface area contributed by atoms with E-state index in [-0.39, 0.29) is 16.8 Å². The van der Waals surface area contributed by atoms with E-state index in [2.05, 4.69) is 10.0 Å². The van der Waals surface area contributed by atoms with E-state index < -0.39 is 10.0 Å². The minimum absolute atomic E-state index is 0.0693. The maximum absolute atomic E-state index is 12.6. The summed E-state index contributed by atoms with van der Waals surface area (Å²) in [6, 6.07) is 21.0. The molecule has 31 heavy (non-hydrogen) atoms. The van der Waals surface area contributed by atoms with E-state index in [4.69, 9.17) is 11.6 Å². The number of hydrogen-bond donors (Lipinski definition) is 2. The Labute approximate surface area is 188 Å². The molecular formula is C24H25ClN2O3S. The highest BCUT2D eigenvalue weighted by Gasteiger charge is 2.14. The summed E-state index contributed by atoms with van der Waals surface area (Å²) >= 11 is 5.90. The van der Waals surface area contributed by atoms with Crippen molar-refractivity contribution in [1.29, 1.82) is 0 Å². The molecule has 5 nitrogen and oxygen atoms in total. The van der Waals surface area contributed by atoms with Gasteiger partial charge in [-0.2, -0.15) is 0 Å².